The Morgan fingerprint density at radius 1 is 1.24 bits per heavy atom. The highest BCUT2D eigenvalue weighted by Crippen LogP contribution is 2.42. The standard InChI is InChI=1S/C16H22N4O/c1-10-5-11(2)20-16(19-10)18-9-15(21)17-8-14-7-12-3-4-13(14)6-12/h3-5,12-14H,6-9H2,1-2H3,(H,17,21)(H,18,19,20)/t12-,13-,14+/m0/s1. The number of carbonyl (C=O) groups is 1. The lowest BCUT2D eigenvalue weighted by Gasteiger charge is -2.18. The molecule has 3 atom stereocenters. The van der Waals surface area contributed by atoms with E-state index < -0.39 is 0 Å². The Labute approximate surface area is 125 Å². The van der Waals surface area contributed by atoms with Gasteiger partial charge in [0.2, 0.25) is 11.9 Å². The third kappa shape index (κ3) is 3.40. The largest absolute Gasteiger partial charge is 0.354 e. The normalized spacial score (nSPS) is 26.1. The van der Waals surface area contributed by atoms with E-state index in [0.717, 1.165) is 23.9 Å². The van der Waals surface area contributed by atoms with Gasteiger partial charge in [-0.15, -0.1) is 0 Å². The van der Waals surface area contributed by atoms with E-state index in [0.29, 0.717) is 17.8 Å². The van der Waals surface area contributed by atoms with E-state index in [-0.39, 0.29) is 12.5 Å². The first-order chi connectivity index (χ1) is 10.1. The van der Waals surface area contributed by atoms with E-state index >= 15 is 0 Å². The summed E-state index contributed by atoms with van der Waals surface area (Å²) >= 11 is 0. The van der Waals surface area contributed by atoms with E-state index in [1.165, 1.54) is 12.8 Å². The third-order valence-electron chi connectivity index (χ3n) is 4.37. The summed E-state index contributed by atoms with van der Waals surface area (Å²) < 4.78 is 0. The van der Waals surface area contributed by atoms with Crippen LogP contribution in [0.15, 0.2) is 18.2 Å². The molecule has 1 heterocycles. The zero-order valence-corrected chi connectivity index (χ0v) is 12.6. The van der Waals surface area contributed by atoms with Gasteiger partial charge in [-0.05, 0) is 50.5 Å². The maximum Gasteiger partial charge on any atom is 0.239 e. The van der Waals surface area contributed by atoms with E-state index in [1.54, 1.807) is 0 Å². The Kier molecular flexibility index (Phi) is 3.90. The molecule has 2 bridgehead atoms. The van der Waals surface area contributed by atoms with Gasteiger partial charge in [0.25, 0.3) is 0 Å². The first kappa shape index (κ1) is 14.0. The van der Waals surface area contributed by atoms with Gasteiger partial charge >= 0.3 is 0 Å². The lowest BCUT2D eigenvalue weighted by atomic mass is 9.94. The molecule has 21 heavy (non-hydrogen) atoms. The first-order valence-electron chi connectivity index (χ1n) is 7.61. The first-order valence-corrected chi connectivity index (χ1v) is 7.61. The number of anilines is 1. The number of amides is 1. The monoisotopic (exact) mass is 286 g/mol. The molecular formula is C16H22N4O. The van der Waals surface area contributed by atoms with Crippen LogP contribution >= 0.6 is 0 Å². The number of hydrogen-bond donors (Lipinski definition) is 2. The molecule has 0 aliphatic heterocycles. The van der Waals surface area contributed by atoms with E-state index in [2.05, 4.69) is 32.8 Å². The minimum atomic E-state index is 0.00418. The van der Waals surface area contributed by atoms with Gasteiger partial charge < -0.3 is 10.6 Å². The average molecular weight is 286 g/mol. The summed E-state index contributed by atoms with van der Waals surface area (Å²) in [5.74, 6) is 2.56. The van der Waals surface area contributed by atoms with Gasteiger partial charge in [0.05, 0.1) is 6.54 Å². The predicted octanol–water partition coefficient (Wildman–Crippen LogP) is 1.83. The fourth-order valence-electron chi connectivity index (χ4n) is 3.40. The third-order valence-corrected chi connectivity index (χ3v) is 4.37. The van der Waals surface area contributed by atoms with Crippen LogP contribution in [0.2, 0.25) is 0 Å². The van der Waals surface area contributed by atoms with Gasteiger partial charge in [-0.1, -0.05) is 12.2 Å². The highest BCUT2D eigenvalue weighted by atomic mass is 16.1. The molecule has 1 aromatic rings. The SMILES string of the molecule is Cc1cc(C)nc(NCC(=O)NC[C@H]2C[C@H]3C=C[C@H]2C3)n1. The highest BCUT2D eigenvalue weighted by Gasteiger charge is 2.35. The molecule has 3 rings (SSSR count). The van der Waals surface area contributed by atoms with Crippen molar-refractivity contribution in [2.45, 2.75) is 26.7 Å². The second-order valence-electron chi connectivity index (χ2n) is 6.17. The summed E-state index contributed by atoms with van der Waals surface area (Å²) in [5.41, 5.74) is 1.80. The molecule has 0 unspecified atom stereocenters. The Balaban J connectivity index is 1.43. The van der Waals surface area contributed by atoms with Crippen LogP contribution in [-0.4, -0.2) is 29.0 Å². The zero-order valence-electron chi connectivity index (χ0n) is 12.6. The zero-order chi connectivity index (χ0) is 14.8. The van der Waals surface area contributed by atoms with Crippen LogP contribution < -0.4 is 10.6 Å². The van der Waals surface area contributed by atoms with Crippen LogP contribution in [-0.2, 0) is 4.79 Å². The number of nitrogens with zero attached hydrogens (tertiary/aromatic N) is 2. The number of aromatic nitrogens is 2. The van der Waals surface area contributed by atoms with E-state index in [9.17, 15) is 4.79 Å². The predicted molar refractivity (Wildman–Crippen MR) is 81.8 cm³/mol. The van der Waals surface area contributed by atoms with Gasteiger partial charge in [0.15, 0.2) is 0 Å². The lowest BCUT2D eigenvalue weighted by Crippen LogP contribution is -2.35. The lowest BCUT2D eigenvalue weighted by molar-refractivity contribution is -0.119. The van der Waals surface area contributed by atoms with Crippen molar-refractivity contribution in [1.82, 2.24) is 15.3 Å². The van der Waals surface area contributed by atoms with E-state index in [1.807, 2.05) is 19.9 Å². The van der Waals surface area contributed by atoms with Crippen molar-refractivity contribution in [2.75, 3.05) is 18.4 Å². The Morgan fingerprint density at radius 2 is 2.00 bits per heavy atom. The summed E-state index contributed by atoms with van der Waals surface area (Å²) in [6.07, 6.45) is 7.12. The number of aryl methyl sites for hydroxylation is 2. The number of allylic oxidation sites excluding steroid dienone is 2. The number of hydrogen-bond acceptors (Lipinski definition) is 4. The maximum absolute atomic E-state index is 11.9. The topological polar surface area (TPSA) is 66.9 Å². The van der Waals surface area contributed by atoms with Crippen molar-refractivity contribution >= 4 is 11.9 Å². The molecule has 2 aliphatic rings. The fraction of sp³-hybridized carbons (Fsp3) is 0.562. The number of carbonyl (C=O) groups excluding carboxylic acids is 1. The van der Waals surface area contributed by atoms with Crippen LogP contribution in [0, 0.1) is 31.6 Å². The van der Waals surface area contributed by atoms with Gasteiger partial charge in [0, 0.05) is 17.9 Å². The highest BCUT2D eigenvalue weighted by molar-refractivity contribution is 5.80. The second kappa shape index (κ2) is 5.84. The van der Waals surface area contributed by atoms with Gasteiger partial charge in [-0.3, -0.25) is 4.79 Å². The summed E-state index contributed by atoms with van der Waals surface area (Å²) in [7, 11) is 0. The van der Waals surface area contributed by atoms with Gasteiger partial charge in [-0.25, -0.2) is 9.97 Å². The second-order valence-corrected chi connectivity index (χ2v) is 6.17. The van der Waals surface area contributed by atoms with Crippen molar-refractivity contribution in [3.8, 4) is 0 Å². The molecule has 0 saturated heterocycles. The van der Waals surface area contributed by atoms with Crippen LogP contribution in [0.5, 0.6) is 0 Å². The minimum absolute atomic E-state index is 0.00418. The van der Waals surface area contributed by atoms with Crippen LogP contribution in [0.3, 0.4) is 0 Å². The molecule has 112 valence electrons. The number of rotatable bonds is 5. The molecule has 2 N–H and O–H groups in total. The van der Waals surface area contributed by atoms with Crippen LogP contribution in [0.4, 0.5) is 5.95 Å². The maximum atomic E-state index is 11.9. The molecular weight excluding hydrogens is 264 g/mol. The molecule has 2 aliphatic carbocycles. The molecule has 1 amide bonds. The Morgan fingerprint density at radius 3 is 2.62 bits per heavy atom. The van der Waals surface area contributed by atoms with Crippen molar-refractivity contribution in [1.29, 1.82) is 0 Å². The number of fused-ring (bicyclic) bond motifs is 2. The molecule has 5 nitrogen and oxygen atoms in total. The Hall–Kier alpha value is -1.91. The number of nitrogens with one attached hydrogen (secondary N) is 2. The quantitative estimate of drug-likeness (QED) is 0.810. The molecule has 5 heteroatoms. The van der Waals surface area contributed by atoms with Crippen molar-refractivity contribution < 1.29 is 4.79 Å². The molecule has 0 aromatic carbocycles. The minimum Gasteiger partial charge on any atom is -0.354 e. The van der Waals surface area contributed by atoms with Crippen molar-refractivity contribution in [3.05, 3.63) is 29.6 Å². The Bertz CT molecular complexity index is 549. The molecule has 1 aromatic heterocycles. The van der Waals surface area contributed by atoms with E-state index in [4.69, 9.17) is 0 Å². The van der Waals surface area contributed by atoms with Crippen LogP contribution in [0.1, 0.15) is 24.2 Å². The summed E-state index contributed by atoms with van der Waals surface area (Å²) in [4.78, 5) is 20.4. The fourth-order valence-corrected chi connectivity index (χ4v) is 3.40. The van der Waals surface area contributed by atoms with Crippen molar-refractivity contribution in [3.63, 3.8) is 0 Å². The summed E-state index contributed by atoms with van der Waals surface area (Å²) in [6, 6.07) is 1.91. The summed E-state index contributed by atoms with van der Waals surface area (Å²) in [5, 5.41) is 6.01. The van der Waals surface area contributed by atoms with Gasteiger partial charge in [0.1, 0.15) is 0 Å². The molecule has 1 saturated carbocycles. The van der Waals surface area contributed by atoms with Gasteiger partial charge in [-0.2, -0.15) is 0 Å². The van der Waals surface area contributed by atoms with Crippen molar-refractivity contribution in [2.24, 2.45) is 17.8 Å². The summed E-state index contributed by atoms with van der Waals surface area (Å²) in [6.45, 7) is 4.84. The van der Waals surface area contributed by atoms with Crippen LogP contribution in [0.25, 0.3) is 0 Å². The molecule has 0 radical (unpaired) electrons. The molecule has 0 spiro atoms. The smallest absolute Gasteiger partial charge is 0.239 e. The molecule has 1 fully saturated rings. The average Bonchev–Trinajstić information content (AvgIpc) is 3.04.